The van der Waals surface area contributed by atoms with Gasteiger partial charge in [0, 0.05) is 5.92 Å². The molecule has 0 radical (unpaired) electrons. The number of carbonyl (C=O) groups is 2. The molecule has 0 saturated carbocycles. The fourth-order valence-electron chi connectivity index (χ4n) is 2.56. The smallest absolute Gasteiger partial charge is 0.295 e. The molecule has 0 aromatic carbocycles. The van der Waals surface area contributed by atoms with Crippen LogP contribution in [0.15, 0.2) is 12.2 Å². The Morgan fingerprint density at radius 1 is 0.828 bits per heavy atom. The summed E-state index contributed by atoms with van der Waals surface area (Å²) in [5.74, 6) is -0.644. The van der Waals surface area contributed by atoms with Gasteiger partial charge in [-0.05, 0) is 43.2 Å². The summed E-state index contributed by atoms with van der Waals surface area (Å²) >= 11 is 0. The van der Waals surface area contributed by atoms with Crippen LogP contribution in [-0.2, 0) is 23.2 Å². The third-order valence-electron chi connectivity index (χ3n) is 6.62. The van der Waals surface area contributed by atoms with E-state index in [4.69, 9.17) is 13.6 Å². The van der Waals surface area contributed by atoms with Crippen molar-refractivity contribution >= 4 is 28.6 Å². The van der Waals surface area contributed by atoms with E-state index in [-0.39, 0.29) is 53.0 Å². The zero-order valence-electron chi connectivity index (χ0n) is 20.3. The first-order valence-corrected chi connectivity index (χ1v) is 16.4. The lowest BCUT2D eigenvalue weighted by Gasteiger charge is -2.37. The van der Waals surface area contributed by atoms with Crippen molar-refractivity contribution < 1.29 is 23.2 Å². The van der Waals surface area contributed by atoms with Crippen LogP contribution in [0.25, 0.3) is 0 Å². The Hall–Kier alpha value is -0.926. The summed E-state index contributed by atoms with van der Waals surface area (Å²) in [6.45, 7) is 22.8. The predicted molar refractivity (Wildman–Crippen MR) is 123 cm³/mol. The Kier molecular flexibility index (Phi) is 8.16. The molecule has 5 nitrogen and oxygen atoms in total. The summed E-state index contributed by atoms with van der Waals surface area (Å²) < 4.78 is 17.8. The minimum Gasteiger partial charge on any atom is -0.519 e. The second-order valence-corrected chi connectivity index (χ2v) is 20.8. The highest BCUT2D eigenvalue weighted by Gasteiger charge is 2.43. The van der Waals surface area contributed by atoms with Gasteiger partial charge in [0.15, 0.2) is 0 Å². The van der Waals surface area contributed by atoms with Crippen molar-refractivity contribution in [2.24, 2.45) is 5.92 Å². The van der Waals surface area contributed by atoms with Gasteiger partial charge in [-0.3, -0.25) is 9.59 Å². The fraction of sp³-hybridized carbons (Fsp3) is 0.818. The first kappa shape index (κ1) is 26.1. The van der Waals surface area contributed by atoms with Gasteiger partial charge in [-0.2, -0.15) is 0 Å². The second kappa shape index (κ2) is 9.06. The first-order chi connectivity index (χ1) is 12.9. The molecule has 0 spiro atoms. The molecule has 0 aliphatic carbocycles. The first-order valence-electron chi connectivity index (χ1n) is 10.6. The van der Waals surface area contributed by atoms with Gasteiger partial charge in [-0.15, -0.1) is 0 Å². The average Bonchev–Trinajstić information content (AvgIpc) is 2.46. The van der Waals surface area contributed by atoms with Crippen LogP contribution in [-0.4, -0.2) is 40.8 Å². The monoisotopic (exact) mass is 442 g/mol. The van der Waals surface area contributed by atoms with Crippen molar-refractivity contribution in [1.82, 2.24) is 0 Å². The second-order valence-electron chi connectivity index (χ2n) is 11.3. The van der Waals surface area contributed by atoms with Crippen LogP contribution in [0.1, 0.15) is 61.3 Å². The molecule has 0 fully saturated rings. The molecule has 168 valence electrons. The van der Waals surface area contributed by atoms with E-state index in [1.165, 1.54) is 0 Å². The van der Waals surface area contributed by atoms with Gasteiger partial charge in [0.25, 0.3) is 28.6 Å². The Bertz CT molecular complexity index is 626. The Morgan fingerprint density at radius 2 is 1.24 bits per heavy atom. The lowest BCUT2D eigenvalue weighted by atomic mass is 9.93. The molecule has 0 N–H and O–H groups in total. The van der Waals surface area contributed by atoms with Gasteiger partial charge < -0.3 is 13.6 Å². The van der Waals surface area contributed by atoms with Crippen molar-refractivity contribution in [3.8, 4) is 0 Å². The maximum absolute atomic E-state index is 12.7. The maximum Gasteiger partial charge on any atom is 0.295 e. The summed E-state index contributed by atoms with van der Waals surface area (Å²) in [5, 5.41) is -0.0852. The topological polar surface area (TPSA) is 61.8 Å². The molecule has 0 bridgehead atoms. The minimum absolute atomic E-state index is 0.0392. The lowest BCUT2D eigenvalue weighted by molar-refractivity contribution is -0.144. The highest BCUT2D eigenvalue weighted by molar-refractivity contribution is 6.75. The van der Waals surface area contributed by atoms with Gasteiger partial charge in [-0.25, -0.2) is 0 Å². The van der Waals surface area contributed by atoms with Gasteiger partial charge >= 0.3 is 0 Å². The standard InChI is InChI=1S/C22H42O5Si2/c1-16-12-13-17(14-19(23)26-28(8,9)21(2,3)4)18(25-16)15-20(24)27-29(10,11)22(5,6)7/h12-13,16-18H,14-15H2,1-11H3/t16-,17+,18+/m0/s1. The van der Waals surface area contributed by atoms with Crippen LogP contribution in [0, 0.1) is 5.92 Å². The number of rotatable bonds is 6. The molecule has 0 aromatic rings. The highest BCUT2D eigenvalue weighted by atomic mass is 28.4. The van der Waals surface area contributed by atoms with Gasteiger partial charge in [-0.1, -0.05) is 53.7 Å². The van der Waals surface area contributed by atoms with E-state index in [0.29, 0.717) is 0 Å². The van der Waals surface area contributed by atoms with E-state index in [0.717, 1.165) is 0 Å². The van der Waals surface area contributed by atoms with E-state index in [9.17, 15) is 9.59 Å². The van der Waals surface area contributed by atoms with Crippen molar-refractivity contribution in [3.63, 3.8) is 0 Å². The predicted octanol–water partition coefficient (Wildman–Crippen LogP) is 5.82. The molecule has 1 heterocycles. The number of hydrogen-bond acceptors (Lipinski definition) is 5. The van der Waals surface area contributed by atoms with Crippen molar-refractivity contribution in [2.75, 3.05) is 0 Å². The SMILES string of the molecule is C[C@H]1C=C[C@H](CC(=O)O[Si](C)(C)C(C)(C)C)[C@@H](CC(=O)O[Si](C)(C)C(C)(C)C)O1. The minimum atomic E-state index is -2.19. The van der Waals surface area contributed by atoms with Crippen molar-refractivity contribution in [2.45, 2.75) is 110 Å². The van der Waals surface area contributed by atoms with E-state index >= 15 is 0 Å². The number of ether oxygens (including phenoxy) is 1. The molecule has 0 unspecified atom stereocenters. The summed E-state index contributed by atoms with van der Waals surface area (Å²) in [5.41, 5.74) is 0. The van der Waals surface area contributed by atoms with Crippen LogP contribution in [0.4, 0.5) is 0 Å². The maximum atomic E-state index is 12.7. The molecule has 29 heavy (non-hydrogen) atoms. The van der Waals surface area contributed by atoms with Crippen LogP contribution < -0.4 is 0 Å². The lowest BCUT2D eigenvalue weighted by Crippen LogP contribution is -2.45. The van der Waals surface area contributed by atoms with Crippen LogP contribution in [0.2, 0.25) is 36.3 Å². The summed E-state index contributed by atoms with van der Waals surface area (Å²) in [6.07, 6.45) is 3.84. The third kappa shape index (κ3) is 7.36. The molecule has 0 aromatic heterocycles. The molecule has 1 aliphatic rings. The van der Waals surface area contributed by atoms with Crippen LogP contribution in [0.5, 0.6) is 0 Å². The molecule has 7 heteroatoms. The molecular formula is C22H42O5Si2. The molecule has 1 aliphatic heterocycles. The zero-order valence-corrected chi connectivity index (χ0v) is 22.3. The average molecular weight is 443 g/mol. The zero-order chi connectivity index (χ0) is 22.8. The van der Waals surface area contributed by atoms with E-state index in [2.05, 4.69) is 67.7 Å². The molecule has 0 saturated heterocycles. The molecule has 3 atom stereocenters. The van der Waals surface area contributed by atoms with Crippen LogP contribution in [0.3, 0.4) is 0 Å². The largest absolute Gasteiger partial charge is 0.519 e. The van der Waals surface area contributed by atoms with Gasteiger partial charge in [0.1, 0.15) is 0 Å². The quantitative estimate of drug-likeness (QED) is 0.383. The molecular weight excluding hydrogens is 400 g/mol. The number of carbonyl (C=O) groups excluding carboxylic acids is 2. The fourth-order valence-corrected chi connectivity index (χ4v) is 4.48. The van der Waals surface area contributed by atoms with Gasteiger partial charge in [0.05, 0.1) is 25.0 Å². The molecule has 0 amide bonds. The summed E-state index contributed by atoms with van der Waals surface area (Å²) in [6, 6.07) is 0. The summed E-state index contributed by atoms with van der Waals surface area (Å²) in [4.78, 5) is 25.3. The number of hydrogen-bond donors (Lipinski definition) is 0. The van der Waals surface area contributed by atoms with Crippen molar-refractivity contribution in [3.05, 3.63) is 12.2 Å². The van der Waals surface area contributed by atoms with E-state index in [1.54, 1.807) is 0 Å². The highest BCUT2D eigenvalue weighted by Crippen LogP contribution is 2.38. The summed E-state index contributed by atoms with van der Waals surface area (Å²) in [7, 11) is -4.36. The van der Waals surface area contributed by atoms with E-state index < -0.39 is 16.6 Å². The Labute approximate surface area is 179 Å². The Morgan fingerprint density at radius 3 is 1.66 bits per heavy atom. The Balaban J connectivity index is 2.82. The van der Waals surface area contributed by atoms with E-state index in [1.807, 2.05) is 19.1 Å². The molecule has 1 rings (SSSR count). The third-order valence-corrected chi connectivity index (χ3v) is 15.3. The van der Waals surface area contributed by atoms with Crippen LogP contribution >= 0.6 is 0 Å². The van der Waals surface area contributed by atoms with Gasteiger partial charge in [0.2, 0.25) is 0 Å². The normalized spacial score (nSPS) is 23.6. The van der Waals surface area contributed by atoms with Crippen molar-refractivity contribution in [1.29, 1.82) is 0 Å².